The zero-order chi connectivity index (χ0) is 20.4. The van der Waals surface area contributed by atoms with Crippen LogP contribution in [0.3, 0.4) is 0 Å². The molecule has 1 atom stereocenters. The zero-order valence-electron chi connectivity index (χ0n) is 15.7. The van der Waals surface area contributed by atoms with Gasteiger partial charge in [-0.1, -0.05) is 48.0 Å². The maximum Gasteiger partial charge on any atom is 0.254 e. The molecule has 3 aromatic rings. The third-order valence-electron chi connectivity index (χ3n) is 5.29. The van der Waals surface area contributed by atoms with Crippen molar-refractivity contribution in [3.63, 3.8) is 0 Å². The number of anilines is 1. The molecule has 3 aromatic carbocycles. The van der Waals surface area contributed by atoms with Gasteiger partial charge in [0, 0.05) is 23.7 Å². The van der Waals surface area contributed by atoms with Crippen molar-refractivity contribution in [1.29, 1.82) is 0 Å². The highest BCUT2D eigenvalue weighted by Gasteiger charge is 2.29. The summed E-state index contributed by atoms with van der Waals surface area (Å²) >= 11 is 5.76. The van der Waals surface area contributed by atoms with Gasteiger partial charge in [0.25, 0.3) is 5.91 Å². The molecular weight excluding hydrogens is 391 g/mol. The monoisotopic (exact) mass is 410 g/mol. The highest BCUT2D eigenvalue weighted by atomic mass is 35.5. The number of rotatable bonds is 3. The molecule has 4 rings (SSSR count). The summed E-state index contributed by atoms with van der Waals surface area (Å²) < 4.78 is 14.0. The van der Waals surface area contributed by atoms with Crippen LogP contribution in [0.4, 0.5) is 10.1 Å². The molecule has 1 aliphatic rings. The number of nitrogens with one attached hydrogen (secondary N) is 1. The molecule has 1 heterocycles. The average molecular weight is 411 g/mol. The molecule has 0 saturated carbocycles. The van der Waals surface area contributed by atoms with Crippen molar-refractivity contribution in [2.75, 3.05) is 18.4 Å². The molecule has 6 heteroatoms. The van der Waals surface area contributed by atoms with Crippen LogP contribution in [0.2, 0.25) is 5.02 Å². The van der Waals surface area contributed by atoms with E-state index >= 15 is 0 Å². The minimum atomic E-state index is -0.578. The molecule has 1 unspecified atom stereocenters. The van der Waals surface area contributed by atoms with Gasteiger partial charge in [0.05, 0.1) is 11.6 Å². The molecule has 1 fully saturated rings. The van der Waals surface area contributed by atoms with Crippen LogP contribution in [0.25, 0.3) is 10.8 Å². The molecule has 29 heavy (non-hydrogen) atoms. The van der Waals surface area contributed by atoms with Crippen LogP contribution in [-0.2, 0) is 4.79 Å². The third-order valence-corrected chi connectivity index (χ3v) is 5.52. The summed E-state index contributed by atoms with van der Waals surface area (Å²) in [4.78, 5) is 27.5. The first kappa shape index (κ1) is 19.4. The van der Waals surface area contributed by atoms with E-state index in [4.69, 9.17) is 11.6 Å². The lowest BCUT2D eigenvalue weighted by Gasteiger charge is -2.32. The summed E-state index contributed by atoms with van der Waals surface area (Å²) in [5.74, 6) is -1.35. The van der Waals surface area contributed by atoms with Crippen LogP contribution in [0.1, 0.15) is 23.2 Å². The molecule has 0 aromatic heterocycles. The molecular formula is C23H20ClFN2O2. The molecule has 2 amide bonds. The lowest BCUT2D eigenvalue weighted by molar-refractivity contribution is -0.121. The zero-order valence-corrected chi connectivity index (χ0v) is 16.5. The van der Waals surface area contributed by atoms with Crippen molar-refractivity contribution in [1.82, 2.24) is 4.90 Å². The van der Waals surface area contributed by atoms with E-state index in [9.17, 15) is 14.0 Å². The minimum Gasteiger partial charge on any atom is -0.338 e. The number of benzene rings is 3. The molecule has 0 bridgehead atoms. The number of fused-ring (bicyclic) bond motifs is 1. The summed E-state index contributed by atoms with van der Waals surface area (Å²) in [6.07, 6.45) is 1.37. The fourth-order valence-corrected chi connectivity index (χ4v) is 3.94. The second kappa shape index (κ2) is 8.21. The van der Waals surface area contributed by atoms with E-state index in [1.54, 1.807) is 4.90 Å². The van der Waals surface area contributed by atoms with E-state index in [2.05, 4.69) is 5.32 Å². The molecule has 1 N–H and O–H groups in total. The maximum absolute atomic E-state index is 14.0. The Bertz CT molecular complexity index is 1080. The molecule has 1 aliphatic heterocycles. The molecule has 0 spiro atoms. The summed E-state index contributed by atoms with van der Waals surface area (Å²) in [5, 5.41) is 4.79. The van der Waals surface area contributed by atoms with Gasteiger partial charge in [-0.2, -0.15) is 0 Å². The van der Waals surface area contributed by atoms with Crippen LogP contribution in [0.5, 0.6) is 0 Å². The van der Waals surface area contributed by atoms with Gasteiger partial charge in [-0.05, 0) is 47.9 Å². The SMILES string of the molecule is O=C(Nc1ccc(Cl)cc1F)C1CCCN(C(=O)c2cccc3ccccc23)C1. The molecule has 148 valence electrons. The van der Waals surface area contributed by atoms with E-state index < -0.39 is 11.7 Å². The smallest absolute Gasteiger partial charge is 0.254 e. The largest absolute Gasteiger partial charge is 0.338 e. The van der Waals surface area contributed by atoms with Gasteiger partial charge < -0.3 is 10.2 Å². The Balaban J connectivity index is 1.50. The van der Waals surface area contributed by atoms with E-state index in [1.807, 2.05) is 42.5 Å². The Morgan fingerprint density at radius 2 is 1.86 bits per heavy atom. The fraction of sp³-hybridized carbons (Fsp3) is 0.217. The Morgan fingerprint density at radius 3 is 2.69 bits per heavy atom. The Kier molecular flexibility index (Phi) is 5.49. The number of halogens is 2. The topological polar surface area (TPSA) is 49.4 Å². The van der Waals surface area contributed by atoms with Crippen LogP contribution < -0.4 is 5.32 Å². The molecule has 1 saturated heterocycles. The first-order chi connectivity index (χ1) is 14.0. The second-order valence-corrected chi connectivity index (χ2v) is 7.67. The number of carbonyl (C=O) groups is 2. The number of likely N-dealkylation sites (tertiary alicyclic amines) is 1. The molecule has 0 aliphatic carbocycles. The van der Waals surface area contributed by atoms with Gasteiger partial charge in [-0.25, -0.2) is 4.39 Å². The number of hydrogen-bond donors (Lipinski definition) is 1. The fourth-order valence-electron chi connectivity index (χ4n) is 3.78. The number of amides is 2. The predicted molar refractivity (Wildman–Crippen MR) is 113 cm³/mol. The van der Waals surface area contributed by atoms with Crippen molar-refractivity contribution in [3.05, 3.63) is 77.1 Å². The quantitative estimate of drug-likeness (QED) is 0.651. The van der Waals surface area contributed by atoms with E-state index in [1.165, 1.54) is 12.1 Å². The summed E-state index contributed by atoms with van der Waals surface area (Å²) in [6.45, 7) is 0.907. The van der Waals surface area contributed by atoms with Crippen molar-refractivity contribution in [3.8, 4) is 0 Å². The van der Waals surface area contributed by atoms with Crippen molar-refractivity contribution in [2.24, 2.45) is 5.92 Å². The van der Waals surface area contributed by atoms with Gasteiger partial charge >= 0.3 is 0 Å². The van der Waals surface area contributed by atoms with Gasteiger partial charge in [-0.3, -0.25) is 9.59 Å². The molecule has 0 radical (unpaired) electrons. The van der Waals surface area contributed by atoms with Crippen LogP contribution >= 0.6 is 11.6 Å². The van der Waals surface area contributed by atoms with Crippen molar-refractivity contribution in [2.45, 2.75) is 12.8 Å². The second-order valence-electron chi connectivity index (χ2n) is 7.23. The van der Waals surface area contributed by atoms with Crippen molar-refractivity contribution < 1.29 is 14.0 Å². The van der Waals surface area contributed by atoms with Gasteiger partial charge in [0.2, 0.25) is 5.91 Å². The number of hydrogen-bond acceptors (Lipinski definition) is 2. The maximum atomic E-state index is 14.0. The average Bonchev–Trinajstić information content (AvgIpc) is 2.75. The Hall–Kier alpha value is -2.92. The van der Waals surface area contributed by atoms with Gasteiger partial charge in [0.1, 0.15) is 5.82 Å². The van der Waals surface area contributed by atoms with Crippen molar-refractivity contribution >= 4 is 39.9 Å². The van der Waals surface area contributed by atoms with Gasteiger partial charge in [-0.15, -0.1) is 0 Å². The third kappa shape index (κ3) is 4.10. The molecule has 4 nitrogen and oxygen atoms in total. The van der Waals surface area contributed by atoms with Crippen LogP contribution in [0.15, 0.2) is 60.7 Å². The highest BCUT2D eigenvalue weighted by Crippen LogP contribution is 2.25. The van der Waals surface area contributed by atoms with Crippen LogP contribution in [0, 0.1) is 11.7 Å². The summed E-state index contributed by atoms with van der Waals surface area (Å²) in [5.41, 5.74) is 0.727. The first-order valence-electron chi connectivity index (χ1n) is 9.56. The summed E-state index contributed by atoms with van der Waals surface area (Å²) in [6, 6.07) is 17.5. The first-order valence-corrected chi connectivity index (χ1v) is 9.93. The number of piperidine rings is 1. The highest BCUT2D eigenvalue weighted by molar-refractivity contribution is 6.30. The minimum absolute atomic E-state index is 0.0861. The predicted octanol–water partition coefficient (Wildman–Crippen LogP) is 5.12. The lowest BCUT2D eigenvalue weighted by atomic mass is 9.95. The standard InChI is InChI=1S/C23H20ClFN2O2/c24-17-10-11-21(20(25)13-17)26-22(28)16-7-4-12-27(14-16)23(29)19-9-3-6-15-5-1-2-8-18(15)19/h1-3,5-6,8-11,13,16H,4,7,12,14H2,(H,26,28). The van der Waals surface area contributed by atoms with Crippen LogP contribution in [-0.4, -0.2) is 29.8 Å². The Labute approximate surface area is 173 Å². The van der Waals surface area contributed by atoms with E-state index in [0.29, 0.717) is 25.1 Å². The lowest BCUT2D eigenvalue weighted by Crippen LogP contribution is -2.43. The van der Waals surface area contributed by atoms with E-state index in [-0.39, 0.29) is 22.5 Å². The number of carbonyl (C=O) groups excluding carboxylic acids is 2. The van der Waals surface area contributed by atoms with E-state index in [0.717, 1.165) is 23.3 Å². The Morgan fingerprint density at radius 1 is 1.07 bits per heavy atom. The van der Waals surface area contributed by atoms with Gasteiger partial charge in [0.15, 0.2) is 0 Å². The summed E-state index contributed by atoms with van der Waals surface area (Å²) in [7, 11) is 0. The normalized spacial score (nSPS) is 16.6. The number of nitrogens with zero attached hydrogens (tertiary/aromatic N) is 1.